The summed E-state index contributed by atoms with van der Waals surface area (Å²) >= 11 is 0. The Labute approximate surface area is 206 Å². The van der Waals surface area contributed by atoms with Crippen molar-refractivity contribution >= 4 is 22.6 Å². The molecule has 1 aromatic heterocycles. The van der Waals surface area contributed by atoms with Gasteiger partial charge >= 0.3 is 0 Å². The van der Waals surface area contributed by atoms with E-state index >= 15 is 0 Å². The fourth-order valence-corrected chi connectivity index (χ4v) is 4.82. The number of rotatable bonds is 9. The van der Waals surface area contributed by atoms with E-state index in [1.54, 1.807) is 7.11 Å². The summed E-state index contributed by atoms with van der Waals surface area (Å²) in [6.07, 6.45) is 2.37. The number of methoxy groups -OCH3 is 1. The predicted molar refractivity (Wildman–Crippen MR) is 138 cm³/mol. The normalized spacial score (nSPS) is 15.7. The van der Waals surface area contributed by atoms with Crippen LogP contribution in [0.2, 0.25) is 0 Å². The van der Waals surface area contributed by atoms with Crippen LogP contribution in [-0.4, -0.2) is 35.7 Å². The Kier molecular flexibility index (Phi) is 6.70. The molecule has 1 aliphatic heterocycles. The number of hydrogen-bond donors (Lipinski definition) is 0. The minimum absolute atomic E-state index is 0.0460. The summed E-state index contributed by atoms with van der Waals surface area (Å²) in [6, 6.07) is 24.1. The van der Waals surface area contributed by atoms with E-state index < -0.39 is 0 Å². The molecule has 0 N–H and O–H groups in total. The molecule has 0 bridgehead atoms. The van der Waals surface area contributed by atoms with Gasteiger partial charge in [0.15, 0.2) is 0 Å². The SMILES string of the molecule is COc1cccc(N2CC(c3nc4ccccc4n3CCCCOc3cccc(C)c3)CC2=O)c1. The number of carbonyl (C=O) groups excluding carboxylic acids is 1. The molecule has 1 amide bonds. The molecule has 0 radical (unpaired) electrons. The first kappa shape index (κ1) is 23.0. The van der Waals surface area contributed by atoms with Gasteiger partial charge in [0, 0.05) is 37.2 Å². The monoisotopic (exact) mass is 469 g/mol. The van der Waals surface area contributed by atoms with E-state index in [4.69, 9.17) is 14.5 Å². The molecule has 1 saturated heterocycles. The first-order valence-corrected chi connectivity index (χ1v) is 12.2. The van der Waals surface area contributed by atoms with E-state index in [0.29, 0.717) is 19.6 Å². The molecule has 3 aromatic carbocycles. The second kappa shape index (κ2) is 10.2. The zero-order valence-electron chi connectivity index (χ0n) is 20.3. The highest BCUT2D eigenvalue weighted by molar-refractivity contribution is 5.96. The van der Waals surface area contributed by atoms with Gasteiger partial charge in [-0.1, -0.05) is 30.3 Å². The van der Waals surface area contributed by atoms with Crippen molar-refractivity contribution in [1.29, 1.82) is 0 Å². The Balaban J connectivity index is 1.30. The van der Waals surface area contributed by atoms with Gasteiger partial charge in [-0.25, -0.2) is 4.98 Å². The van der Waals surface area contributed by atoms with Crippen LogP contribution in [0.3, 0.4) is 0 Å². The number of benzene rings is 3. The van der Waals surface area contributed by atoms with Gasteiger partial charge in [-0.05, 0) is 61.7 Å². The maximum Gasteiger partial charge on any atom is 0.227 e. The van der Waals surface area contributed by atoms with Gasteiger partial charge in [-0.15, -0.1) is 0 Å². The van der Waals surface area contributed by atoms with Crippen molar-refractivity contribution in [2.45, 2.75) is 38.6 Å². The number of unbranched alkanes of at least 4 members (excludes halogenated alkanes) is 1. The quantitative estimate of drug-likeness (QED) is 0.294. The lowest BCUT2D eigenvalue weighted by Gasteiger charge is -2.18. The van der Waals surface area contributed by atoms with Crippen molar-refractivity contribution in [2.75, 3.05) is 25.2 Å². The van der Waals surface area contributed by atoms with E-state index in [9.17, 15) is 4.79 Å². The predicted octanol–water partition coefficient (Wildman–Crippen LogP) is 5.73. The Hall–Kier alpha value is -3.80. The zero-order chi connectivity index (χ0) is 24.2. The molecule has 6 nitrogen and oxygen atoms in total. The van der Waals surface area contributed by atoms with Crippen LogP contribution >= 0.6 is 0 Å². The third-order valence-corrected chi connectivity index (χ3v) is 6.57. The Morgan fingerprint density at radius 2 is 1.80 bits per heavy atom. The number of anilines is 1. The largest absolute Gasteiger partial charge is 0.497 e. The summed E-state index contributed by atoms with van der Waals surface area (Å²) in [5, 5.41) is 0. The number of nitrogens with zero attached hydrogens (tertiary/aromatic N) is 3. The van der Waals surface area contributed by atoms with Crippen molar-refractivity contribution < 1.29 is 14.3 Å². The topological polar surface area (TPSA) is 56.6 Å². The zero-order valence-corrected chi connectivity index (χ0v) is 20.3. The van der Waals surface area contributed by atoms with Crippen molar-refractivity contribution in [2.24, 2.45) is 0 Å². The first-order chi connectivity index (χ1) is 17.1. The Bertz CT molecular complexity index is 1330. The molecule has 1 aliphatic rings. The molecule has 6 heteroatoms. The van der Waals surface area contributed by atoms with Crippen LogP contribution in [-0.2, 0) is 11.3 Å². The molecule has 0 saturated carbocycles. The van der Waals surface area contributed by atoms with Gasteiger partial charge in [0.25, 0.3) is 0 Å². The van der Waals surface area contributed by atoms with Crippen LogP contribution in [0.25, 0.3) is 11.0 Å². The van der Waals surface area contributed by atoms with E-state index in [2.05, 4.69) is 29.7 Å². The van der Waals surface area contributed by atoms with Crippen LogP contribution in [0.5, 0.6) is 11.5 Å². The van der Waals surface area contributed by atoms with Gasteiger partial charge in [0.2, 0.25) is 5.91 Å². The summed E-state index contributed by atoms with van der Waals surface area (Å²) in [5.41, 5.74) is 4.17. The molecule has 1 atom stereocenters. The third kappa shape index (κ3) is 5.02. The number of hydrogen-bond acceptors (Lipinski definition) is 4. The molecule has 1 fully saturated rings. The minimum Gasteiger partial charge on any atom is -0.497 e. The second-order valence-corrected chi connectivity index (χ2v) is 9.09. The average molecular weight is 470 g/mol. The van der Waals surface area contributed by atoms with Crippen LogP contribution in [0, 0.1) is 6.92 Å². The Morgan fingerprint density at radius 1 is 0.971 bits per heavy atom. The van der Waals surface area contributed by atoms with E-state index in [0.717, 1.165) is 53.4 Å². The molecule has 5 rings (SSSR count). The molecule has 0 spiro atoms. The number of para-hydroxylation sites is 2. The minimum atomic E-state index is 0.0460. The Morgan fingerprint density at radius 3 is 2.66 bits per heavy atom. The third-order valence-electron chi connectivity index (χ3n) is 6.57. The molecular formula is C29H31N3O3. The maximum atomic E-state index is 13.0. The van der Waals surface area contributed by atoms with Crippen molar-refractivity contribution in [3.8, 4) is 11.5 Å². The highest BCUT2D eigenvalue weighted by Crippen LogP contribution is 2.34. The number of ether oxygens (including phenoxy) is 2. The second-order valence-electron chi connectivity index (χ2n) is 9.09. The van der Waals surface area contributed by atoms with Crippen LogP contribution in [0.4, 0.5) is 5.69 Å². The van der Waals surface area contributed by atoms with Gasteiger partial charge in [-0.2, -0.15) is 0 Å². The van der Waals surface area contributed by atoms with Crippen molar-refractivity contribution in [3.05, 3.63) is 84.2 Å². The highest BCUT2D eigenvalue weighted by Gasteiger charge is 2.34. The number of carbonyl (C=O) groups is 1. The lowest BCUT2D eigenvalue weighted by Crippen LogP contribution is -2.24. The lowest BCUT2D eigenvalue weighted by atomic mass is 10.1. The van der Waals surface area contributed by atoms with E-state index in [1.807, 2.05) is 59.5 Å². The van der Waals surface area contributed by atoms with Crippen LogP contribution in [0.15, 0.2) is 72.8 Å². The van der Waals surface area contributed by atoms with Crippen molar-refractivity contribution in [1.82, 2.24) is 9.55 Å². The standard InChI is InChI=1S/C29H31N3O3/c1-21-9-7-12-25(17-21)35-16-6-5-15-31-27-14-4-3-13-26(27)30-29(31)22-18-28(33)32(20-22)23-10-8-11-24(19-23)34-2/h3-4,7-14,17,19,22H,5-6,15-16,18,20H2,1-2H3. The van der Waals surface area contributed by atoms with E-state index in [1.165, 1.54) is 5.56 Å². The van der Waals surface area contributed by atoms with Gasteiger partial charge in [0.1, 0.15) is 17.3 Å². The van der Waals surface area contributed by atoms with Gasteiger partial charge in [0.05, 0.1) is 24.8 Å². The van der Waals surface area contributed by atoms with Gasteiger partial charge in [-0.3, -0.25) is 4.79 Å². The van der Waals surface area contributed by atoms with Gasteiger partial charge < -0.3 is 18.9 Å². The fourth-order valence-electron chi connectivity index (χ4n) is 4.82. The summed E-state index contributed by atoms with van der Waals surface area (Å²) in [6.45, 7) is 4.21. The van der Waals surface area contributed by atoms with Crippen molar-refractivity contribution in [3.63, 3.8) is 0 Å². The lowest BCUT2D eigenvalue weighted by molar-refractivity contribution is -0.117. The average Bonchev–Trinajstić information content (AvgIpc) is 3.44. The molecule has 0 aliphatic carbocycles. The molecular weight excluding hydrogens is 438 g/mol. The first-order valence-electron chi connectivity index (χ1n) is 12.2. The molecule has 180 valence electrons. The molecule has 1 unspecified atom stereocenters. The summed E-state index contributed by atoms with van der Waals surface area (Å²) in [4.78, 5) is 19.8. The summed E-state index contributed by atoms with van der Waals surface area (Å²) in [7, 11) is 1.64. The smallest absolute Gasteiger partial charge is 0.227 e. The number of aromatic nitrogens is 2. The number of aryl methyl sites for hydroxylation is 2. The summed E-state index contributed by atoms with van der Waals surface area (Å²) < 4.78 is 13.6. The number of fused-ring (bicyclic) bond motifs is 1. The fraction of sp³-hybridized carbons (Fsp3) is 0.310. The molecule has 35 heavy (non-hydrogen) atoms. The maximum absolute atomic E-state index is 13.0. The number of amides is 1. The van der Waals surface area contributed by atoms with Crippen LogP contribution < -0.4 is 14.4 Å². The van der Waals surface area contributed by atoms with E-state index in [-0.39, 0.29) is 11.8 Å². The molecule has 4 aromatic rings. The van der Waals surface area contributed by atoms with Crippen LogP contribution in [0.1, 0.15) is 36.6 Å². The highest BCUT2D eigenvalue weighted by atomic mass is 16.5. The number of imidazole rings is 1. The summed E-state index contributed by atoms with van der Waals surface area (Å²) in [5.74, 6) is 2.82. The molecule has 2 heterocycles.